The van der Waals surface area contributed by atoms with Crippen molar-refractivity contribution < 1.29 is 9.90 Å². The maximum atomic E-state index is 11.6. The normalized spacial score (nSPS) is 10.9. The van der Waals surface area contributed by atoms with E-state index in [0.29, 0.717) is 12.3 Å². The number of hydrogen-bond donors (Lipinski definition) is 1. The van der Waals surface area contributed by atoms with Crippen molar-refractivity contribution in [3.8, 4) is 0 Å². The largest absolute Gasteiger partial charge is 0.391 e. The molecule has 0 aliphatic carbocycles. The van der Waals surface area contributed by atoms with Crippen LogP contribution >= 0.6 is 11.3 Å². The molecule has 0 spiro atoms. The van der Waals surface area contributed by atoms with E-state index >= 15 is 0 Å². The fourth-order valence-corrected chi connectivity index (χ4v) is 1.99. The van der Waals surface area contributed by atoms with Gasteiger partial charge in [-0.15, -0.1) is 11.3 Å². The molecule has 0 fully saturated rings. The third-order valence-corrected chi connectivity index (χ3v) is 3.15. The van der Waals surface area contributed by atoms with Crippen molar-refractivity contribution in [3.63, 3.8) is 0 Å². The van der Waals surface area contributed by atoms with E-state index in [4.69, 9.17) is 5.11 Å². The Hall–Kier alpha value is -0.670. The highest BCUT2D eigenvalue weighted by Crippen LogP contribution is 2.19. The fraction of sp³-hybridized carbons (Fsp3) is 0.545. The Morgan fingerprint density at radius 2 is 2.21 bits per heavy atom. The van der Waals surface area contributed by atoms with Crippen molar-refractivity contribution in [2.24, 2.45) is 5.92 Å². The molecule has 0 amide bonds. The minimum Gasteiger partial charge on any atom is -0.391 e. The van der Waals surface area contributed by atoms with E-state index < -0.39 is 0 Å². The standard InChI is InChI=1S/C11H16O2S/c1-8(2)3-5-10(13)11-6-4-9(7-12)14-11/h4,6,8,12H,3,5,7H2,1-2H3. The molecule has 2 nitrogen and oxygen atoms in total. The number of thiophene rings is 1. The Kier molecular flexibility index (Phi) is 4.29. The first kappa shape index (κ1) is 11.4. The number of carbonyl (C=O) groups excluding carboxylic acids is 1. The number of rotatable bonds is 5. The molecule has 0 atom stereocenters. The lowest BCUT2D eigenvalue weighted by Crippen LogP contribution is -1.98. The van der Waals surface area contributed by atoms with Crippen molar-refractivity contribution in [2.45, 2.75) is 33.3 Å². The van der Waals surface area contributed by atoms with Gasteiger partial charge in [0, 0.05) is 11.3 Å². The maximum absolute atomic E-state index is 11.6. The van der Waals surface area contributed by atoms with Gasteiger partial charge in [-0.2, -0.15) is 0 Å². The second-order valence-corrected chi connectivity index (χ2v) is 4.95. The van der Waals surface area contributed by atoms with E-state index in [-0.39, 0.29) is 12.4 Å². The molecule has 1 aromatic heterocycles. The van der Waals surface area contributed by atoms with Gasteiger partial charge in [-0.05, 0) is 24.5 Å². The van der Waals surface area contributed by atoms with Crippen molar-refractivity contribution in [1.29, 1.82) is 0 Å². The summed E-state index contributed by atoms with van der Waals surface area (Å²) in [5, 5.41) is 8.85. The van der Waals surface area contributed by atoms with Crippen LogP contribution in [0.25, 0.3) is 0 Å². The van der Waals surface area contributed by atoms with Gasteiger partial charge in [0.05, 0.1) is 11.5 Å². The second-order valence-electron chi connectivity index (χ2n) is 3.78. The molecule has 1 rings (SSSR count). The molecule has 0 radical (unpaired) electrons. The molecule has 1 heterocycles. The first-order valence-electron chi connectivity index (χ1n) is 4.86. The molecule has 0 saturated carbocycles. The van der Waals surface area contributed by atoms with Gasteiger partial charge in [-0.25, -0.2) is 0 Å². The number of aliphatic hydroxyl groups is 1. The van der Waals surface area contributed by atoms with E-state index in [1.54, 1.807) is 6.07 Å². The van der Waals surface area contributed by atoms with Crippen LogP contribution in [0.2, 0.25) is 0 Å². The Morgan fingerprint density at radius 3 is 2.71 bits per heavy atom. The summed E-state index contributed by atoms with van der Waals surface area (Å²) in [6.07, 6.45) is 1.55. The van der Waals surface area contributed by atoms with Crippen LogP contribution in [-0.4, -0.2) is 10.9 Å². The third-order valence-electron chi connectivity index (χ3n) is 2.04. The van der Waals surface area contributed by atoms with Crippen molar-refractivity contribution in [1.82, 2.24) is 0 Å². The first-order chi connectivity index (χ1) is 6.63. The average molecular weight is 212 g/mol. The SMILES string of the molecule is CC(C)CCC(=O)c1ccc(CO)s1. The van der Waals surface area contributed by atoms with Gasteiger partial charge in [-0.3, -0.25) is 4.79 Å². The van der Waals surface area contributed by atoms with E-state index in [2.05, 4.69) is 13.8 Å². The Morgan fingerprint density at radius 1 is 1.50 bits per heavy atom. The highest BCUT2D eigenvalue weighted by atomic mass is 32.1. The van der Waals surface area contributed by atoms with Gasteiger partial charge in [0.25, 0.3) is 0 Å². The lowest BCUT2D eigenvalue weighted by Gasteiger charge is -2.01. The van der Waals surface area contributed by atoms with E-state index in [1.165, 1.54) is 11.3 Å². The Balaban J connectivity index is 2.52. The molecule has 14 heavy (non-hydrogen) atoms. The van der Waals surface area contributed by atoms with Gasteiger partial charge in [0.1, 0.15) is 0 Å². The molecule has 1 aromatic rings. The highest BCUT2D eigenvalue weighted by Gasteiger charge is 2.09. The Bertz CT molecular complexity index is 302. The zero-order chi connectivity index (χ0) is 10.6. The highest BCUT2D eigenvalue weighted by molar-refractivity contribution is 7.14. The second kappa shape index (κ2) is 5.27. The number of carbonyl (C=O) groups is 1. The number of Topliss-reactive ketones (excluding diaryl/α,β-unsaturated/α-hetero) is 1. The summed E-state index contributed by atoms with van der Waals surface area (Å²) in [6.45, 7) is 4.25. The zero-order valence-electron chi connectivity index (χ0n) is 8.62. The quantitative estimate of drug-likeness (QED) is 0.762. The third kappa shape index (κ3) is 3.24. The summed E-state index contributed by atoms with van der Waals surface area (Å²) in [5.41, 5.74) is 0. The number of ketones is 1. The van der Waals surface area contributed by atoms with Crippen LogP contribution in [0.1, 0.15) is 41.2 Å². The molecule has 0 unspecified atom stereocenters. The number of hydrogen-bond acceptors (Lipinski definition) is 3. The first-order valence-corrected chi connectivity index (χ1v) is 5.68. The van der Waals surface area contributed by atoms with Crippen LogP contribution in [0.3, 0.4) is 0 Å². The van der Waals surface area contributed by atoms with Crippen LogP contribution in [0.15, 0.2) is 12.1 Å². The monoisotopic (exact) mass is 212 g/mol. The molecular weight excluding hydrogens is 196 g/mol. The van der Waals surface area contributed by atoms with E-state index in [1.807, 2.05) is 6.07 Å². The lowest BCUT2D eigenvalue weighted by atomic mass is 10.1. The predicted molar refractivity (Wildman–Crippen MR) is 58.6 cm³/mol. The van der Waals surface area contributed by atoms with Crippen molar-refractivity contribution in [3.05, 3.63) is 21.9 Å². The topological polar surface area (TPSA) is 37.3 Å². The van der Waals surface area contributed by atoms with Gasteiger partial charge < -0.3 is 5.11 Å². The lowest BCUT2D eigenvalue weighted by molar-refractivity contribution is 0.0979. The van der Waals surface area contributed by atoms with Gasteiger partial charge in [0.15, 0.2) is 5.78 Å². The van der Waals surface area contributed by atoms with Gasteiger partial charge in [0.2, 0.25) is 0 Å². The van der Waals surface area contributed by atoms with Crippen LogP contribution in [0, 0.1) is 5.92 Å². The zero-order valence-corrected chi connectivity index (χ0v) is 9.43. The smallest absolute Gasteiger partial charge is 0.172 e. The van der Waals surface area contributed by atoms with Crippen molar-refractivity contribution >= 4 is 17.1 Å². The van der Waals surface area contributed by atoms with Crippen molar-refractivity contribution in [2.75, 3.05) is 0 Å². The summed E-state index contributed by atoms with van der Waals surface area (Å²) in [4.78, 5) is 13.2. The summed E-state index contributed by atoms with van der Waals surface area (Å²) >= 11 is 1.39. The molecule has 0 aliphatic heterocycles. The summed E-state index contributed by atoms with van der Waals surface area (Å²) < 4.78 is 0. The minimum absolute atomic E-state index is 0.0299. The number of aliphatic hydroxyl groups excluding tert-OH is 1. The molecule has 1 N–H and O–H groups in total. The van der Waals surface area contributed by atoms with Gasteiger partial charge in [-0.1, -0.05) is 13.8 Å². The molecule has 78 valence electrons. The summed E-state index contributed by atoms with van der Waals surface area (Å²) in [5.74, 6) is 0.764. The molecule has 0 aliphatic rings. The van der Waals surface area contributed by atoms with Gasteiger partial charge >= 0.3 is 0 Å². The maximum Gasteiger partial charge on any atom is 0.172 e. The molecule has 0 bridgehead atoms. The fourth-order valence-electron chi connectivity index (χ4n) is 1.16. The summed E-state index contributed by atoms with van der Waals surface area (Å²) in [6, 6.07) is 3.62. The molecule has 0 saturated heterocycles. The van der Waals surface area contributed by atoms with E-state index in [0.717, 1.165) is 16.2 Å². The van der Waals surface area contributed by atoms with Crippen LogP contribution in [-0.2, 0) is 6.61 Å². The van der Waals surface area contributed by atoms with Crippen LogP contribution in [0.5, 0.6) is 0 Å². The van der Waals surface area contributed by atoms with E-state index in [9.17, 15) is 4.79 Å². The molecule has 3 heteroatoms. The van der Waals surface area contributed by atoms with Crippen LogP contribution < -0.4 is 0 Å². The molecule has 0 aromatic carbocycles. The summed E-state index contributed by atoms with van der Waals surface area (Å²) in [7, 11) is 0. The Labute approximate surface area is 88.6 Å². The molecular formula is C11H16O2S. The minimum atomic E-state index is 0.0299. The average Bonchev–Trinajstić information content (AvgIpc) is 2.62. The van der Waals surface area contributed by atoms with Crippen LogP contribution in [0.4, 0.5) is 0 Å². The predicted octanol–water partition coefficient (Wildman–Crippen LogP) is 2.86.